The van der Waals surface area contributed by atoms with Crippen LogP contribution in [0.2, 0.25) is 0 Å². The lowest BCUT2D eigenvalue weighted by molar-refractivity contribution is -0.161. The predicted molar refractivity (Wildman–Crippen MR) is 409 cm³/mol. The van der Waals surface area contributed by atoms with Gasteiger partial charge in [0, 0.05) is 25.7 Å². The van der Waals surface area contributed by atoms with E-state index in [9.17, 15) is 43.2 Å². The second-order valence-electron chi connectivity index (χ2n) is 29.6. The fourth-order valence-corrected chi connectivity index (χ4v) is 14.2. The van der Waals surface area contributed by atoms with Gasteiger partial charge in [-0.05, 0) is 31.6 Å². The molecule has 0 rings (SSSR count). The van der Waals surface area contributed by atoms with Crippen molar-refractivity contribution in [2.45, 2.75) is 451 Å². The molecular weight excluding hydrogens is 1310 g/mol. The van der Waals surface area contributed by atoms with Gasteiger partial charge >= 0.3 is 39.5 Å². The first-order valence-electron chi connectivity index (χ1n) is 42.1. The van der Waals surface area contributed by atoms with Crippen molar-refractivity contribution < 1.29 is 80.2 Å². The monoisotopic (exact) mass is 1470 g/mol. The summed E-state index contributed by atoms with van der Waals surface area (Å²) in [4.78, 5) is 73.1. The summed E-state index contributed by atoms with van der Waals surface area (Å²) in [6, 6.07) is 0. The minimum absolute atomic E-state index is 0.108. The van der Waals surface area contributed by atoms with Crippen LogP contribution in [0, 0.1) is 5.92 Å². The van der Waals surface area contributed by atoms with E-state index in [0.29, 0.717) is 25.7 Å². The third kappa shape index (κ3) is 74.3. The van der Waals surface area contributed by atoms with Crippen LogP contribution in [0.4, 0.5) is 0 Å². The molecule has 0 saturated carbocycles. The molecule has 0 saturated heterocycles. The lowest BCUT2D eigenvalue weighted by Gasteiger charge is -2.21. The van der Waals surface area contributed by atoms with Crippen LogP contribution in [0.25, 0.3) is 0 Å². The Morgan fingerprint density at radius 1 is 0.270 bits per heavy atom. The number of phosphoric ester groups is 2. The Morgan fingerprint density at radius 3 is 0.680 bits per heavy atom. The van der Waals surface area contributed by atoms with Gasteiger partial charge in [-0.1, -0.05) is 381 Å². The van der Waals surface area contributed by atoms with Gasteiger partial charge in [0.05, 0.1) is 26.4 Å². The highest BCUT2D eigenvalue weighted by Crippen LogP contribution is 2.45. The number of hydrogen-bond donors (Lipinski definition) is 3. The minimum atomic E-state index is -4.96. The Labute approximate surface area is 613 Å². The Balaban J connectivity index is 5.26. The third-order valence-corrected chi connectivity index (χ3v) is 20.9. The molecular formula is C81H158O17P2. The number of carbonyl (C=O) groups excluding carboxylic acids is 4. The summed E-state index contributed by atoms with van der Waals surface area (Å²) >= 11 is 0. The summed E-state index contributed by atoms with van der Waals surface area (Å²) in [7, 11) is -9.92. The number of aliphatic hydroxyl groups excluding tert-OH is 1. The largest absolute Gasteiger partial charge is 0.472 e. The van der Waals surface area contributed by atoms with E-state index >= 15 is 0 Å². The fraction of sp³-hybridized carbons (Fsp3) is 0.951. The van der Waals surface area contributed by atoms with Gasteiger partial charge < -0.3 is 33.8 Å². The molecule has 3 N–H and O–H groups in total. The Kier molecular flexibility index (Phi) is 72.5. The van der Waals surface area contributed by atoms with Crippen molar-refractivity contribution in [2.75, 3.05) is 39.6 Å². The number of unbranched alkanes of at least 4 members (excludes halogenated alkanes) is 53. The average molecular weight is 1470 g/mol. The molecule has 0 heterocycles. The summed E-state index contributed by atoms with van der Waals surface area (Å²) in [6.45, 7) is 7.34. The number of esters is 4. The molecule has 0 amide bonds. The maximum absolute atomic E-state index is 13.1. The zero-order chi connectivity index (χ0) is 73.4. The SMILES string of the molecule is CCCCCCCCCCCCCCCCCCCCC(=O)O[C@H](COC(=O)CCCCCCCCCCCCCCCCC)COP(=O)(O)OC[C@@H](O)COP(=O)(O)OC[C@@H](COC(=O)CCCCCCCCCCCCC(C)C)OC(=O)CCCCCCCCCCCCCCCC. The molecule has 0 aliphatic heterocycles. The minimum Gasteiger partial charge on any atom is -0.462 e. The van der Waals surface area contributed by atoms with Gasteiger partial charge in [-0.25, -0.2) is 9.13 Å². The summed E-state index contributed by atoms with van der Waals surface area (Å²) in [5.41, 5.74) is 0. The van der Waals surface area contributed by atoms with Crippen molar-refractivity contribution in [3.05, 3.63) is 0 Å². The molecule has 0 aromatic rings. The topological polar surface area (TPSA) is 237 Å². The van der Waals surface area contributed by atoms with E-state index in [1.54, 1.807) is 0 Å². The molecule has 100 heavy (non-hydrogen) atoms. The van der Waals surface area contributed by atoms with Crippen molar-refractivity contribution in [3.63, 3.8) is 0 Å². The summed E-state index contributed by atoms with van der Waals surface area (Å²) < 4.78 is 68.8. The molecule has 0 aliphatic carbocycles. The van der Waals surface area contributed by atoms with Gasteiger partial charge in [0.1, 0.15) is 19.3 Å². The van der Waals surface area contributed by atoms with Crippen LogP contribution in [0.1, 0.15) is 433 Å². The first kappa shape index (κ1) is 98.1. The third-order valence-electron chi connectivity index (χ3n) is 19.0. The Bertz CT molecular complexity index is 1910. The standard InChI is InChI=1S/C81H158O17P2/c1-6-9-12-15-18-21-24-27-30-31-32-34-37-40-47-52-57-62-67-81(86)97-76(70-91-78(83)64-59-54-49-44-38-36-33-28-25-22-19-16-13-10-7-2)72-95-99(87,88)93-68-75(82)69-94-100(89,90)96-73-77(71-92-79(84)65-60-55-50-45-42-41-43-48-53-58-63-74(4)5)98-80(85)66-61-56-51-46-39-35-29-26-23-20-17-14-11-8-3/h74-77,82H,6-73H2,1-5H3,(H,87,88)(H,89,90)/t75-,76-,77-/m1/s1. The maximum Gasteiger partial charge on any atom is 0.472 e. The van der Waals surface area contributed by atoms with Crippen LogP contribution >= 0.6 is 15.6 Å². The van der Waals surface area contributed by atoms with Crippen molar-refractivity contribution in [2.24, 2.45) is 5.92 Å². The molecule has 0 bridgehead atoms. The smallest absolute Gasteiger partial charge is 0.462 e. The van der Waals surface area contributed by atoms with Crippen LogP contribution < -0.4 is 0 Å². The molecule has 0 spiro atoms. The van der Waals surface area contributed by atoms with E-state index in [0.717, 1.165) is 95.8 Å². The van der Waals surface area contributed by atoms with E-state index < -0.39 is 97.5 Å². The normalized spacial score (nSPS) is 13.8. The van der Waals surface area contributed by atoms with Gasteiger partial charge in [0.2, 0.25) is 0 Å². The molecule has 0 aromatic carbocycles. The number of aliphatic hydroxyl groups is 1. The van der Waals surface area contributed by atoms with Crippen molar-refractivity contribution in [1.82, 2.24) is 0 Å². The van der Waals surface area contributed by atoms with Crippen LogP contribution in [-0.4, -0.2) is 96.7 Å². The lowest BCUT2D eigenvalue weighted by Crippen LogP contribution is -2.30. The molecule has 19 heteroatoms. The molecule has 0 radical (unpaired) electrons. The predicted octanol–water partition coefficient (Wildman–Crippen LogP) is 24.4. The van der Waals surface area contributed by atoms with Crippen LogP contribution in [0.5, 0.6) is 0 Å². The molecule has 5 atom stereocenters. The number of hydrogen-bond acceptors (Lipinski definition) is 15. The van der Waals surface area contributed by atoms with E-state index in [-0.39, 0.29) is 25.7 Å². The van der Waals surface area contributed by atoms with Gasteiger partial charge in [-0.15, -0.1) is 0 Å². The van der Waals surface area contributed by atoms with Gasteiger partial charge in [0.15, 0.2) is 12.2 Å². The zero-order valence-corrected chi connectivity index (χ0v) is 67.1. The van der Waals surface area contributed by atoms with Crippen molar-refractivity contribution in [3.8, 4) is 0 Å². The highest BCUT2D eigenvalue weighted by molar-refractivity contribution is 7.47. The van der Waals surface area contributed by atoms with E-state index in [1.807, 2.05) is 0 Å². The summed E-state index contributed by atoms with van der Waals surface area (Å²) in [6.07, 6.45) is 65.0. The van der Waals surface area contributed by atoms with E-state index in [4.69, 9.17) is 37.0 Å². The van der Waals surface area contributed by atoms with Crippen LogP contribution in [0.15, 0.2) is 0 Å². The molecule has 594 valence electrons. The second kappa shape index (κ2) is 73.9. The highest BCUT2D eigenvalue weighted by atomic mass is 31.2. The zero-order valence-electron chi connectivity index (χ0n) is 65.3. The first-order chi connectivity index (χ1) is 48.5. The second-order valence-corrected chi connectivity index (χ2v) is 32.5. The quantitative estimate of drug-likeness (QED) is 0.0222. The molecule has 2 unspecified atom stereocenters. The van der Waals surface area contributed by atoms with Gasteiger partial charge in [-0.3, -0.25) is 37.3 Å². The average Bonchev–Trinajstić information content (AvgIpc) is 0.937. The molecule has 0 fully saturated rings. The van der Waals surface area contributed by atoms with Crippen molar-refractivity contribution in [1.29, 1.82) is 0 Å². The van der Waals surface area contributed by atoms with E-state index in [1.165, 1.54) is 257 Å². The Morgan fingerprint density at radius 2 is 0.460 bits per heavy atom. The number of rotatable bonds is 81. The molecule has 0 aromatic heterocycles. The summed E-state index contributed by atoms with van der Waals surface area (Å²) in [5.74, 6) is -1.34. The highest BCUT2D eigenvalue weighted by Gasteiger charge is 2.30. The first-order valence-corrected chi connectivity index (χ1v) is 45.1. The van der Waals surface area contributed by atoms with Crippen molar-refractivity contribution >= 4 is 39.5 Å². The number of phosphoric acid groups is 2. The van der Waals surface area contributed by atoms with Gasteiger partial charge in [-0.2, -0.15) is 0 Å². The fourth-order valence-electron chi connectivity index (χ4n) is 12.6. The Hall–Kier alpha value is -1.94. The van der Waals surface area contributed by atoms with Crippen LogP contribution in [-0.2, 0) is 65.4 Å². The maximum atomic E-state index is 13.1. The number of carbonyl (C=O) groups is 4. The summed E-state index contributed by atoms with van der Waals surface area (Å²) in [5, 5.41) is 10.6. The van der Waals surface area contributed by atoms with Gasteiger partial charge in [0.25, 0.3) is 0 Å². The van der Waals surface area contributed by atoms with Crippen LogP contribution in [0.3, 0.4) is 0 Å². The van der Waals surface area contributed by atoms with E-state index in [2.05, 4.69) is 34.6 Å². The lowest BCUT2D eigenvalue weighted by atomic mass is 10.0. The molecule has 17 nitrogen and oxygen atoms in total. The number of ether oxygens (including phenoxy) is 4. The molecule has 0 aliphatic rings.